The first-order valence-electron chi connectivity index (χ1n) is 6.84. The second-order valence-corrected chi connectivity index (χ2v) is 4.70. The number of rotatable bonds is 8. The third-order valence-corrected chi connectivity index (χ3v) is 3.09. The lowest BCUT2D eigenvalue weighted by molar-refractivity contribution is -0.118. The summed E-state index contributed by atoms with van der Waals surface area (Å²) in [5.41, 5.74) is 6.29. The first kappa shape index (κ1) is 15.1. The van der Waals surface area contributed by atoms with Gasteiger partial charge < -0.3 is 15.8 Å². The average molecular weight is 288 g/mol. The molecule has 1 aromatic heterocycles. The molecule has 1 aromatic carbocycles. The molecule has 1 atom stereocenters. The highest BCUT2D eigenvalue weighted by molar-refractivity contribution is 5.84. The van der Waals surface area contributed by atoms with Gasteiger partial charge in [-0.25, -0.2) is 0 Å². The molecular formula is C15H20N4O2. The molecule has 0 aliphatic carbocycles. The van der Waals surface area contributed by atoms with E-state index >= 15 is 0 Å². The van der Waals surface area contributed by atoms with E-state index in [9.17, 15) is 4.79 Å². The van der Waals surface area contributed by atoms with Crippen molar-refractivity contribution >= 4 is 11.7 Å². The van der Waals surface area contributed by atoms with Gasteiger partial charge in [-0.1, -0.05) is 30.3 Å². The topological polar surface area (TPSA) is 82.2 Å². The summed E-state index contributed by atoms with van der Waals surface area (Å²) in [4.78, 5) is 11.6. The number of aromatic nitrogens is 2. The van der Waals surface area contributed by atoms with Crippen LogP contribution in [0.3, 0.4) is 0 Å². The van der Waals surface area contributed by atoms with Crippen LogP contribution in [0.4, 0.5) is 5.82 Å². The Balaban J connectivity index is 2.03. The number of aryl methyl sites for hydroxylation is 1. The fraction of sp³-hybridized carbons (Fsp3) is 0.333. The summed E-state index contributed by atoms with van der Waals surface area (Å²) in [6.45, 7) is 1.46. The molecule has 2 aromatic rings. The molecule has 0 fully saturated rings. The van der Waals surface area contributed by atoms with Crippen molar-refractivity contribution in [2.45, 2.75) is 19.0 Å². The predicted molar refractivity (Wildman–Crippen MR) is 80.7 cm³/mol. The Kier molecular flexibility index (Phi) is 5.34. The number of primary amides is 1. The Morgan fingerprint density at radius 1 is 1.38 bits per heavy atom. The van der Waals surface area contributed by atoms with E-state index in [0.29, 0.717) is 12.4 Å². The van der Waals surface area contributed by atoms with Gasteiger partial charge in [0.15, 0.2) is 0 Å². The third-order valence-electron chi connectivity index (χ3n) is 3.09. The van der Waals surface area contributed by atoms with E-state index in [2.05, 4.69) is 10.4 Å². The van der Waals surface area contributed by atoms with Gasteiger partial charge in [-0.05, 0) is 12.0 Å². The Hall–Kier alpha value is -2.34. The Morgan fingerprint density at radius 2 is 2.14 bits per heavy atom. The molecule has 0 spiro atoms. The molecule has 0 saturated heterocycles. The molecule has 6 nitrogen and oxygen atoms in total. The monoisotopic (exact) mass is 288 g/mol. The standard InChI is InChI=1S/C15H20N4O2/c1-21-11-5-9-19-10-8-13(18-19)17-14(15(16)20)12-6-3-2-4-7-12/h2-4,6-8,10,14H,5,9,11H2,1H3,(H2,16,20)(H,17,18). The molecule has 6 heteroatoms. The highest BCUT2D eigenvalue weighted by Crippen LogP contribution is 2.17. The van der Waals surface area contributed by atoms with Gasteiger partial charge in [-0.2, -0.15) is 5.10 Å². The van der Waals surface area contributed by atoms with Crippen LogP contribution in [0.5, 0.6) is 0 Å². The van der Waals surface area contributed by atoms with Crippen LogP contribution in [0.1, 0.15) is 18.0 Å². The summed E-state index contributed by atoms with van der Waals surface area (Å²) in [7, 11) is 1.67. The maximum Gasteiger partial charge on any atom is 0.244 e. The molecule has 1 amide bonds. The number of anilines is 1. The second-order valence-electron chi connectivity index (χ2n) is 4.70. The number of nitrogens with two attached hydrogens (primary N) is 1. The largest absolute Gasteiger partial charge is 0.385 e. The molecule has 0 saturated carbocycles. The molecule has 0 radical (unpaired) electrons. The van der Waals surface area contributed by atoms with Gasteiger partial charge in [-0.15, -0.1) is 0 Å². The predicted octanol–water partition coefficient (Wildman–Crippen LogP) is 1.56. The minimum absolute atomic E-state index is 0.435. The van der Waals surface area contributed by atoms with E-state index in [-0.39, 0.29) is 0 Å². The molecule has 0 bridgehead atoms. The molecule has 0 aliphatic heterocycles. The van der Waals surface area contributed by atoms with Crippen molar-refractivity contribution in [1.29, 1.82) is 0 Å². The van der Waals surface area contributed by atoms with Crippen LogP contribution < -0.4 is 11.1 Å². The van der Waals surface area contributed by atoms with Crippen LogP contribution in [0.25, 0.3) is 0 Å². The summed E-state index contributed by atoms with van der Waals surface area (Å²) in [6.07, 6.45) is 2.75. The van der Waals surface area contributed by atoms with E-state index in [4.69, 9.17) is 10.5 Å². The van der Waals surface area contributed by atoms with Crippen molar-refractivity contribution < 1.29 is 9.53 Å². The van der Waals surface area contributed by atoms with Crippen LogP contribution >= 0.6 is 0 Å². The van der Waals surface area contributed by atoms with Crippen molar-refractivity contribution in [3.8, 4) is 0 Å². The fourth-order valence-electron chi connectivity index (χ4n) is 2.05. The number of benzene rings is 1. The molecular weight excluding hydrogens is 268 g/mol. The third kappa shape index (κ3) is 4.32. The number of hydrogen-bond acceptors (Lipinski definition) is 4. The lowest BCUT2D eigenvalue weighted by Crippen LogP contribution is -2.27. The summed E-state index contributed by atoms with van der Waals surface area (Å²) in [6, 6.07) is 10.6. The molecule has 2 rings (SSSR count). The van der Waals surface area contributed by atoms with Gasteiger partial charge in [0.05, 0.1) is 0 Å². The Labute approximate surface area is 123 Å². The number of carbonyl (C=O) groups excluding carboxylic acids is 1. The number of methoxy groups -OCH3 is 1. The maximum absolute atomic E-state index is 11.6. The van der Waals surface area contributed by atoms with Crippen LogP contribution in [0, 0.1) is 0 Å². The highest BCUT2D eigenvalue weighted by Gasteiger charge is 2.18. The quantitative estimate of drug-likeness (QED) is 0.722. The van der Waals surface area contributed by atoms with Gasteiger partial charge in [0, 0.05) is 32.5 Å². The van der Waals surface area contributed by atoms with Crippen LogP contribution in [-0.4, -0.2) is 29.4 Å². The van der Waals surface area contributed by atoms with E-state index in [1.165, 1.54) is 0 Å². The SMILES string of the molecule is COCCCn1ccc(NC(C(N)=O)c2ccccc2)n1. The van der Waals surface area contributed by atoms with Gasteiger partial charge in [-0.3, -0.25) is 9.48 Å². The Morgan fingerprint density at radius 3 is 2.81 bits per heavy atom. The van der Waals surface area contributed by atoms with E-state index in [1.807, 2.05) is 47.3 Å². The van der Waals surface area contributed by atoms with Crippen molar-refractivity contribution in [2.75, 3.05) is 19.0 Å². The zero-order valence-electron chi connectivity index (χ0n) is 12.0. The normalized spacial score (nSPS) is 12.0. The van der Waals surface area contributed by atoms with E-state index in [1.54, 1.807) is 7.11 Å². The van der Waals surface area contributed by atoms with Gasteiger partial charge in [0.2, 0.25) is 5.91 Å². The number of hydrogen-bond donors (Lipinski definition) is 2. The van der Waals surface area contributed by atoms with Gasteiger partial charge in [0.25, 0.3) is 0 Å². The molecule has 1 unspecified atom stereocenters. The Bertz CT molecular complexity index is 568. The van der Waals surface area contributed by atoms with Gasteiger partial charge in [0.1, 0.15) is 11.9 Å². The molecule has 112 valence electrons. The number of nitrogens with zero attached hydrogens (tertiary/aromatic N) is 2. The highest BCUT2D eigenvalue weighted by atomic mass is 16.5. The summed E-state index contributed by atoms with van der Waals surface area (Å²) >= 11 is 0. The van der Waals surface area contributed by atoms with Crippen LogP contribution in [-0.2, 0) is 16.1 Å². The lowest BCUT2D eigenvalue weighted by atomic mass is 10.1. The van der Waals surface area contributed by atoms with Crippen LogP contribution in [0.2, 0.25) is 0 Å². The van der Waals surface area contributed by atoms with E-state index in [0.717, 1.165) is 18.5 Å². The minimum atomic E-state index is -0.589. The van der Waals surface area contributed by atoms with Crippen molar-refractivity contribution in [2.24, 2.45) is 5.73 Å². The number of amides is 1. The maximum atomic E-state index is 11.6. The van der Waals surface area contributed by atoms with Gasteiger partial charge >= 0.3 is 0 Å². The second kappa shape index (κ2) is 7.44. The first-order valence-corrected chi connectivity index (χ1v) is 6.84. The summed E-state index contributed by atoms with van der Waals surface area (Å²) in [5.74, 6) is 0.190. The summed E-state index contributed by atoms with van der Waals surface area (Å²) < 4.78 is 6.82. The van der Waals surface area contributed by atoms with Crippen LogP contribution in [0.15, 0.2) is 42.6 Å². The number of nitrogens with one attached hydrogen (secondary N) is 1. The smallest absolute Gasteiger partial charge is 0.244 e. The lowest BCUT2D eigenvalue weighted by Gasteiger charge is -2.15. The van der Waals surface area contributed by atoms with E-state index < -0.39 is 11.9 Å². The zero-order chi connectivity index (χ0) is 15.1. The molecule has 21 heavy (non-hydrogen) atoms. The summed E-state index contributed by atoms with van der Waals surface area (Å²) in [5, 5.41) is 7.44. The first-order chi connectivity index (χ1) is 10.2. The van der Waals surface area contributed by atoms with Crippen molar-refractivity contribution in [1.82, 2.24) is 9.78 Å². The molecule has 3 N–H and O–H groups in total. The zero-order valence-corrected chi connectivity index (χ0v) is 12.0. The van der Waals surface area contributed by atoms with Crippen molar-refractivity contribution in [3.05, 3.63) is 48.2 Å². The number of ether oxygens (including phenoxy) is 1. The fourth-order valence-corrected chi connectivity index (χ4v) is 2.05. The van der Waals surface area contributed by atoms with Crippen molar-refractivity contribution in [3.63, 3.8) is 0 Å². The molecule has 0 aliphatic rings. The average Bonchev–Trinajstić information content (AvgIpc) is 2.93. The number of carbonyl (C=O) groups is 1. The molecule has 1 heterocycles. The minimum Gasteiger partial charge on any atom is -0.385 e.